The van der Waals surface area contributed by atoms with Gasteiger partial charge in [-0.1, -0.05) is 35.9 Å². The predicted molar refractivity (Wildman–Crippen MR) is 74.2 cm³/mol. The minimum Gasteiger partial charge on any atom is -0.491 e. The van der Waals surface area contributed by atoms with Crippen molar-refractivity contribution in [2.45, 2.75) is 12.3 Å². The van der Waals surface area contributed by atoms with Gasteiger partial charge in [-0.05, 0) is 29.7 Å². The molecule has 0 aliphatic heterocycles. The maximum Gasteiger partial charge on any atom is 0.139 e. The second kappa shape index (κ2) is 4.54. The Bertz CT molecular complexity index is 582. The summed E-state index contributed by atoms with van der Waals surface area (Å²) in [6.07, 6.45) is 1.08. The van der Waals surface area contributed by atoms with Crippen molar-refractivity contribution in [2.24, 2.45) is 0 Å². The molecule has 2 nitrogen and oxygen atoms in total. The van der Waals surface area contributed by atoms with E-state index in [1.54, 1.807) is 18.2 Å². The highest BCUT2D eigenvalue weighted by molar-refractivity contribution is 6.32. The van der Waals surface area contributed by atoms with Crippen LogP contribution in [0, 0.1) is 0 Å². The molecule has 0 heterocycles. The fourth-order valence-electron chi connectivity index (χ4n) is 2.33. The summed E-state index contributed by atoms with van der Waals surface area (Å²) in [5, 5.41) is 0.608. The number of anilines is 1. The molecule has 1 aliphatic rings. The Morgan fingerprint density at radius 3 is 2.89 bits per heavy atom. The molecular weight excluding hydrogens is 246 g/mol. The van der Waals surface area contributed by atoms with Gasteiger partial charge in [0.05, 0.1) is 11.6 Å². The number of fused-ring (bicyclic) bond motifs is 1. The Labute approximate surface area is 111 Å². The lowest BCUT2D eigenvalue weighted by Gasteiger charge is -2.30. The van der Waals surface area contributed by atoms with E-state index in [-0.39, 0.29) is 0 Å². The summed E-state index contributed by atoms with van der Waals surface area (Å²) >= 11 is 6.06. The largest absolute Gasteiger partial charge is 0.491 e. The SMILES string of the molecule is Nc1ccc(Cl)c(OCC2Cc3ccccc32)c1. The van der Waals surface area contributed by atoms with Crippen molar-refractivity contribution >= 4 is 17.3 Å². The highest BCUT2D eigenvalue weighted by atomic mass is 35.5. The Balaban J connectivity index is 1.68. The topological polar surface area (TPSA) is 35.2 Å². The average Bonchev–Trinajstić information content (AvgIpc) is 2.34. The van der Waals surface area contributed by atoms with E-state index in [0.29, 0.717) is 29.0 Å². The fraction of sp³-hybridized carbons (Fsp3) is 0.200. The van der Waals surface area contributed by atoms with Crippen LogP contribution in [0.5, 0.6) is 5.75 Å². The molecule has 1 atom stereocenters. The molecule has 92 valence electrons. The van der Waals surface area contributed by atoms with Crippen molar-refractivity contribution in [2.75, 3.05) is 12.3 Å². The molecule has 3 rings (SSSR count). The molecule has 0 spiro atoms. The van der Waals surface area contributed by atoms with Gasteiger partial charge in [0.25, 0.3) is 0 Å². The molecule has 0 aromatic heterocycles. The van der Waals surface area contributed by atoms with Gasteiger partial charge in [-0.15, -0.1) is 0 Å². The summed E-state index contributed by atoms with van der Waals surface area (Å²) in [6.45, 7) is 0.653. The van der Waals surface area contributed by atoms with Crippen LogP contribution in [0.2, 0.25) is 5.02 Å². The third-order valence-corrected chi connectivity index (χ3v) is 3.67. The zero-order valence-electron chi connectivity index (χ0n) is 9.90. The van der Waals surface area contributed by atoms with Crippen molar-refractivity contribution < 1.29 is 4.74 Å². The Morgan fingerprint density at radius 2 is 2.06 bits per heavy atom. The second-order valence-corrected chi connectivity index (χ2v) is 5.01. The van der Waals surface area contributed by atoms with Gasteiger partial charge in [0, 0.05) is 17.7 Å². The molecule has 18 heavy (non-hydrogen) atoms. The third kappa shape index (κ3) is 2.04. The van der Waals surface area contributed by atoms with Gasteiger partial charge in [0.1, 0.15) is 5.75 Å². The number of hydrogen-bond acceptors (Lipinski definition) is 2. The normalized spacial score (nSPS) is 16.8. The molecule has 2 N–H and O–H groups in total. The summed E-state index contributed by atoms with van der Waals surface area (Å²) in [4.78, 5) is 0. The number of nitrogens with two attached hydrogens (primary N) is 1. The lowest BCUT2D eigenvalue weighted by Crippen LogP contribution is -2.23. The summed E-state index contributed by atoms with van der Waals surface area (Å²) in [7, 11) is 0. The van der Waals surface area contributed by atoms with Crippen LogP contribution in [0.4, 0.5) is 5.69 Å². The van der Waals surface area contributed by atoms with Crippen molar-refractivity contribution in [3.05, 3.63) is 58.6 Å². The zero-order valence-corrected chi connectivity index (χ0v) is 10.7. The van der Waals surface area contributed by atoms with Gasteiger partial charge in [0.15, 0.2) is 0 Å². The smallest absolute Gasteiger partial charge is 0.139 e. The maximum atomic E-state index is 6.06. The van der Waals surface area contributed by atoms with E-state index in [2.05, 4.69) is 24.3 Å². The molecule has 0 amide bonds. The average molecular weight is 260 g/mol. The quantitative estimate of drug-likeness (QED) is 0.854. The second-order valence-electron chi connectivity index (χ2n) is 4.60. The van der Waals surface area contributed by atoms with Gasteiger partial charge in [-0.25, -0.2) is 0 Å². The van der Waals surface area contributed by atoms with E-state index in [1.807, 2.05) is 0 Å². The summed E-state index contributed by atoms with van der Waals surface area (Å²) in [5.74, 6) is 1.14. The third-order valence-electron chi connectivity index (χ3n) is 3.36. The molecule has 0 fully saturated rings. The number of rotatable bonds is 3. The number of hydrogen-bond donors (Lipinski definition) is 1. The first-order chi connectivity index (χ1) is 8.74. The summed E-state index contributed by atoms with van der Waals surface area (Å²) in [5.41, 5.74) is 9.20. The number of halogens is 1. The first kappa shape index (κ1) is 11.4. The van der Waals surface area contributed by atoms with Crippen LogP contribution in [-0.4, -0.2) is 6.61 Å². The van der Waals surface area contributed by atoms with Crippen LogP contribution >= 0.6 is 11.6 Å². The summed E-state index contributed by atoms with van der Waals surface area (Å²) in [6, 6.07) is 13.8. The molecule has 0 saturated heterocycles. The molecule has 0 saturated carbocycles. The molecule has 1 aliphatic carbocycles. The standard InChI is InChI=1S/C15H14ClNO/c16-14-6-5-12(17)8-15(14)18-9-11-7-10-3-1-2-4-13(10)11/h1-6,8,11H,7,9,17H2. The Kier molecular flexibility index (Phi) is 2.88. The number of ether oxygens (including phenoxy) is 1. The van der Waals surface area contributed by atoms with Crippen LogP contribution < -0.4 is 10.5 Å². The van der Waals surface area contributed by atoms with Gasteiger partial charge in [-0.3, -0.25) is 0 Å². The molecule has 3 heteroatoms. The lowest BCUT2D eigenvalue weighted by molar-refractivity contribution is 0.275. The minimum atomic E-state index is 0.471. The van der Waals surface area contributed by atoms with Crippen molar-refractivity contribution in [1.29, 1.82) is 0 Å². The molecular formula is C15H14ClNO. The van der Waals surface area contributed by atoms with Crippen molar-refractivity contribution in [1.82, 2.24) is 0 Å². The molecule has 0 radical (unpaired) electrons. The van der Waals surface area contributed by atoms with Crippen LogP contribution in [0.15, 0.2) is 42.5 Å². The molecule has 2 aromatic rings. The van der Waals surface area contributed by atoms with Crippen LogP contribution in [0.25, 0.3) is 0 Å². The first-order valence-electron chi connectivity index (χ1n) is 5.99. The van der Waals surface area contributed by atoms with E-state index < -0.39 is 0 Å². The van der Waals surface area contributed by atoms with E-state index in [1.165, 1.54) is 11.1 Å². The van der Waals surface area contributed by atoms with Crippen LogP contribution in [0.3, 0.4) is 0 Å². The van der Waals surface area contributed by atoms with E-state index in [4.69, 9.17) is 22.1 Å². The fourth-order valence-corrected chi connectivity index (χ4v) is 2.50. The number of benzene rings is 2. The lowest BCUT2D eigenvalue weighted by atomic mass is 9.78. The van der Waals surface area contributed by atoms with E-state index in [9.17, 15) is 0 Å². The molecule has 1 unspecified atom stereocenters. The minimum absolute atomic E-state index is 0.471. The van der Waals surface area contributed by atoms with E-state index >= 15 is 0 Å². The van der Waals surface area contributed by atoms with Crippen LogP contribution in [-0.2, 0) is 6.42 Å². The maximum absolute atomic E-state index is 6.06. The Hall–Kier alpha value is -1.67. The number of nitrogen functional groups attached to an aromatic ring is 1. The first-order valence-corrected chi connectivity index (χ1v) is 6.37. The zero-order chi connectivity index (χ0) is 12.5. The van der Waals surface area contributed by atoms with E-state index in [0.717, 1.165) is 6.42 Å². The van der Waals surface area contributed by atoms with Gasteiger partial charge < -0.3 is 10.5 Å². The molecule has 2 aromatic carbocycles. The van der Waals surface area contributed by atoms with Gasteiger partial charge in [-0.2, -0.15) is 0 Å². The van der Waals surface area contributed by atoms with Crippen LogP contribution in [0.1, 0.15) is 17.0 Å². The summed E-state index contributed by atoms with van der Waals surface area (Å²) < 4.78 is 5.77. The monoisotopic (exact) mass is 259 g/mol. The predicted octanol–water partition coefficient (Wildman–Crippen LogP) is 3.64. The highest BCUT2D eigenvalue weighted by Gasteiger charge is 2.26. The highest BCUT2D eigenvalue weighted by Crippen LogP contribution is 2.36. The van der Waals surface area contributed by atoms with Gasteiger partial charge >= 0.3 is 0 Å². The van der Waals surface area contributed by atoms with Crippen molar-refractivity contribution in [3.63, 3.8) is 0 Å². The van der Waals surface area contributed by atoms with Crippen molar-refractivity contribution in [3.8, 4) is 5.75 Å². The molecule has 0 bridgehead atoms. The van der Waals surface area contributed by atoms with Gasteiger partial charge in [0.2, 0.25) is 0 Å². The Morgan fingerprint density at radius 1 is 1.22 bits per heavy atom.